The van der Waals surface area contributed by atoms with Crippen molar-refractivity contribution in [2.24, 2.45) is 0 Å². The van der Waals surface area contributed by atoms with Crippen molar-refractivity contribution in [3.63, 3.8) is 0 Å². The van der Waals surface area contributed by atoms with E-state index >= 15 is 0 Å². The van der Waals surface area contributed by atoms with Gasteiger partial charge in [0.2, 0.25) is 0 Å². The molecule has 8 aromatic rings. The quantitative estimate of drug-likeness (QED) is 0.155. The molecule has 0 atom stereocenters. The summed E-state index contributed by atoms with van der Waals surface area (Å²) in [6, 6.07) is 12.3. The van der Waals surface area contributed by atoms with E-state index in [1.165, 1.54) is 11.1 Å². The number of rotatable bonds is 1. The maximum atomic E-state index is 9.33. The van der Waals surface area contributed by atoms with Crippen LogP contribution in [0.4, 0.5) is 0 Å². The van der Waals surface area contributed by atoms with Gasteiger partial charge in [-0.25, -0.2) is 0 Å². The Labute approximate surface area is 247 Å². The van der Waals surface area contributed by atoms with E-state index in [4.69, 9.17) is 16.8 Å². The lowest BCUT2D eigenvalue weighted by Gasteiger charge is -2.21. The van der Waals surface area contributed by atoms with E-state index in [0.717, 1.165) is 21.9 Å². The van der Waals surface area contributed by atoms with Crippen LogP contribution in [-0.2, 0) is 5.41 Å². The summed E-state index contributed by atoms with van der Waals surface area (Å²) in [6.07, 6.45) is 0. The highest BCUT2D eigenvalue weighted by Crippen LogP contribution is 2.51. The van der Waals surface area contributed by atoms with E-state index in [1.54, 1.807) is 12.1 Å². The minimum absolute atomic E-state index is 0.0205. The molecule has 0 spiro atoms. The van der Waals surface area contributed by atoms with E-state index < -0.39 is 66.5 Å². The van der Waals surface area contributed by atoms with Gasteiger partial charge in [-0.15, -0.1) is 0 Å². The lowest BCUT2D eigenvalue weighted by molar-refractivity contribution is 0.658. The topological polar surface area (TPSA) is 13.1 Å². The first-order chi connectivity index (χ1) is 24.2. The molecular formula is C39H26O. The summed E-state index contributed by atoms with van der Waals surface area (Å²) in [5.74, 6) is 0. The van der Waals surface area contributed by atoms with E-state index in [1.807, 2.05) is 24.3 Å². The van der Waals surface area contributed by atoms with Crippen LogP contribution in [0.5, 0.6) is 0 Å². The summed E-state index contributed by atoms with van der Waals surface area (Å²) >= 11 is 0. The summed E-state index contributed by atoms with van der Waals surface area (Å²) in [6.45, 7) is 4.39. The summed E-state index contributed by atoms with van der Waals surface area (Å²) in [7, 11) is 0. The van der Waals surface area contributed by atoms with Gasteiger partial charge in [-0.05, 0) is 96.0 Å². The Balaban J connectivity index is 1.45. The van der Waals surface area contributed by atoms with Crippen LogP contribution in [-0.4, -0.2) is 0 Å². The Bertz CT molecular complexity index is 2960. The fraction of sp³-hybridized carbons (Fsp3) is 0.0769. The molecule has 9 rings (SSSR count). The second kappa shape index (κ2) is 7.61. The molecule has 0 aliphatic heterocycles. The van der Waals surface area contributed by atoms with Crippen molar-refractivity contribution in [1.29, 1.82) is 0 Å². The zero-order chi connectivity index (χ0) is 36.2. The van der Waals surface area contributed by atoms with Gasteiger partial charge in [-0.1, -0.05) is 105 Å². The Morgan fingerprint density at radius 1 is 0.575 bits per heavy atom. The Hall–Kier alpha value is -4.88. The number of furan rings is 1. The van der Waals surface area contributed by atoms with Crippen LogP contribution in [0, 0.1) is 0 Å². The van der Waals surface area contributed by atoms with Gasteiger partial charge in [0.1, 0.15) is 11.2 Å². The molecule has 1 nitrogen and oxygen atoms in total. The highest BCUT2D eigenvalue weighted by Gasteiger charge is 2.36. The normalized spacial score (nSPS) is 17.8. The third kappa shape index (κ3) is 2.82. The maximum absolute atomic E-state index is 9.33. The molecule has 0 saturated heterocycles. The molecular weight excluding hydrogens is 484 g/mol. The smallest absolute Gasteiger partial charge is 0.136 e. The van der Waals surface area contributed by atoms with E-state index in [9.17, 15) is 2.74 Å². The standard InChI is InChI=1S/C39H26O/c1-39(2)34-14-8-7-13-28(34)32-22-37-33(21-35(32)39)29-17-16-25(20-36(29)40-37)38-27-12-6-4-10-24(27)19-31-26-11-5-3-9-23(26)15-18-30(31)38/h3-22H,1-2H3/i3D,4D,5D,6D,9D,10D,11D,12D,15D,18D,19D. The molecule has 0 bridgehead atoms. The van der Waals surface area contributed by atoms with Gasteiger partial charge in [0, 0.05) is 16.2 Å². The van der Waals surface area contributed by atoms with E-state index in [0.29, 0.717) is 16.7 Å². The van der Waals surface area contributed by atoms with Crippen LogP contribution >= 0.6 is 0 Å². The fourth-order valence-corrected chi connectivity index (χ4v) is 6.48. The van der Waals surface area contributed by atoms with Crippen molar-refractivity contribution in [3.05, 3.63) is 132 Å². The average molecular weight is 522 g/mol. The Morgan fingerprint density at radius 2 is 1.35 bits per heavy atom. The molecule has 1 aliphatic carbocycles. The molecule has 40 heavy (non-hydrogen) atoms. The predicted molar refractivity (Wildman–Crippen MR) is 169 cm³/mol. The third-order valence-corrected chi connectivity index (χ3v) is 8.40. The van der Waals surface area contributed by atoms with Crippen molar-refractivity contribution >= 4 is 54.3 Å². The van der Waals surface area contributed by atoms with Crippen molar-refractivity contribution in [2.75, 3.05) is 0 Å². The molecule has 1 aliphatic rings. The van der Waals surface area contributed by atoms with Crippen LogP contribution in [0.2, 0.25) is 0 Å². The molecule has 188 valence electrons. The van der Waals surface area contributed by atoms with E-state index in [2.05, 4.69) is 32.0 Å². The van der Waals surface area contributed by atoms with Gasteiger partial charge in [-0.3, -0.25) is 0 Å². The zero-order valence-corrected chi connectivity index (χ0v) is 21.6. The van der Waals surface area contributed by atoms with Gasteiger partial charge >= 0.3 is 0 Å². The summed E-state index contributed by atoms with van der Waals surface area (Å²) in [5.41, 5.74) is 6.07. The first kappa shape index (κ1) is 14.0. The number of hydrogen-bond acceptors (Lipinski definition) is 1. The molecule has 0 saturated carbocycles. The largest absolute Gasteiger partial charge is 0.456 e. The Morgan fingerprint density at radius 3 is 2.25 bits per heavy atom. The molecule has 0 unspecified atom stereocenters. The molecule has 1 heterocycles. The van der Waals surface area contributed by atoms with Gasteiger partial charge in [0.15, 0.2) is 0 Å². The van der Waals surface area contributed by atoms with Crippen molar-refractivity contribution in [2.45, 2.75) is 19.3 Å². The monoisotopic (exact) mass is 521 g/mol. The summed E-state index contributed by atoms with van der Waals surface area (Å²) < 4.78 is 103. The second-order valence-electron chi connectivity index (χ2n) is 10.9. The zero-order valence-electron chi connectivity index (χ0n) is 32.6. The average Bonchev–Trinajstić information content (AvgIpc) is 3.58. The van der Waals surface area contributed by atoms with Crippen molar-refractivity contribution < 1.29 is 19.5 Å². The van der Waals surface area contributed by atoms with Gasteiger partial charge in [-0.2, -0.15) is 0 Å². The first-order valence-electron chi connectivity index (χ1n) is 18.6. The summed E-state index contributed by atoms with van der Waals surface area (Å²) in [5, 5.41) is 1.02. The highest BCUT2D eigenvalue weighted by molar-refractivity contribution is 6.20. The number of hydrogen-bond donors (Lipinski definition) is 0. The maximum Gasteiger partial charge on any atom is 0.136 e. The Kier molecular flexibility index (Phi) is 2.66. The highest BCUT2D eigenvalue weighted by atomic mass is 16.3. The van der Waals surface area contributed by atoms with Crippen LogP contribution in [0.3, 0.4) is 0 Å². The van der Waals surface area contributed by atoms with E-state index in [-0.39, 0.29) is 43.3 Å². The van der Waals surface area contributed by atoms with Crippen LogP contribution < -0.4 is 0 Å². The van der Waals surface area contributed by atoms with Gasteiger partial charge < -0.3 is 4.42 Å². The number of fused-ring (bicyclic) bond motifs is 10. The molecule has 0 N–H and O–H groups in total. The van der Waals surface area contributed by atoms with Crippen molar-refractivity contribution in [3.8, 4) is 22.3 Å². The molecule has 7 aromatic carbocycles. The molecule has 0 amide bonds. The number of benzene rings is 7. The molecule has 1 heteroatoms. The van der Waals surface area contributed by atoms with Crippen molar-refractivity contribution in [1.82, 2.24) is 0 Å². The lowest BCUT2D eigenvalue weighted by Crippen LogP contribution is -2.14. The third-order valence-electron chi connectivity index (χ3n) is 8.40. The fourth-order valence-electron chi connectivity index (χ4n) is 6.48. The lowest BCUT2D eigenvalue weighted by atomic mass is 9.82. The molecule has 0 radical (unpaired) electrons. The minimum Gasteiger partial charge on any atom is -0.456 e. The van der Waals surface area contributed by atoms with Gasteiger partial charge in [0.05, 0.1) is 15.1 Å². The van der Waals surface area contributed by atoms with Gasteiger partial charge in [0.25, 0.3) is 0 Å². The first-order valence-corrected chi connectivity index (χ1v) is 13.1. The molecule has 0 fully saturated rings. The van der Waals surface area contributed by atoms with Crippen LogP contribution in [0.1, 0.15) is 40.1 Å². The molecule has 1 aromatic heterocycles. The SMILES string of the molecule is [2H]c1c([2H])c([2H])c2c([2H])c3c(c([2H])c([2H])c4c([2H])c([2H])c([2H])c([2H])c43)c(-c3ccc4c(c3)oc3cc5c(cc34)C(C)(C)c3ccccc3-5)c2c1[2H]. The second-order valence-corrected chi connectivity index (χ2v) is 10.9. The van der Waals surface area contributed by atoms with Crippen LogP contribution in [0.25, 0.3) is 76.5 Å². The predicted octanol–water partition coefficient (Wildman–Crippen LogP) is 11.0. The minimum atomic E-state index is -0.581. The van der Waals surface area contributed by atoms with Crippen LogP contribution in [0.15, 0.2) is 125 Å². The summed E-state index contributed by atoms with van der Waals surface area (Å²) in [4.78, 5) is 0.